The zero-order valence-electron chi connectivity index (χ0n) is 9.99. The van der Waals surface area contributed by atoms with Crippen molar-refractivity contribution in [1.82, 2.24) is 0 Å². The molecule has 1 rings (SSSR count). The van der Waals surface area contributed by atoms with E-state index in [0.29, 0.717) is 17.9 Å². The Balaban J connectivity index is 2.93. The highest BCUT2D eigenvalue weighted by molar-refractivity contribution is 5.43. The lowest BCUT2D eigenvalue weighted by Gasteiger charge is -2.14. The monoisotopic (exact) mass is 222 g/mol. The van der Waals surface area contributed by atoms with E-state index >= 15 is 0 Å². The predicted molar refractivity (Wildman–Crippen MR) is 63.9 cm³/mol. The SMILES string of the molecule is C=C(C)CC(O)c1ccc(OC)c(OC)c1. The topological polar surface area (TPSA) is 38.7 Å². The van der Waals surface area contributed by atoms with Crippen LogP contribution in [0.15, 0.2) is 30.4 Å². The summed E-state index contributed by atoms with van der Waals surface area (Å²) in [4.78, 5) is 0. The van der Waals surface area contributed by atoms with E-state index in [-0.39, 0.29) is 0 Å². The second-order valence-corrected chi connectivity index (χ2v) is 3.79. The van der Waals surface area contributed by atoms with Gasteiger partial charge in [-0.05, 0) is 31.0 Å². The Morgan fingerprint density at radius 2 is 1.94 bits per heavy atom. The molecule has 1 N–H and O–H groups in total. The fourth-order valence-electron chi connectivity index (χ4n) is 1.51. The van der Waals surface area contributed by atoms with Gasteiger partial charge in [0.15, 0.2) is 11.5 Å². The van der Waals surface area contributed by atoms with Gasteiger partial charge in [-0.3, -0.25) is 0 Å². The van der Waals surface area contributed by atoms with Crippen LogP contribution in [-0.4, -0.2) is 19.3 Å². The van der Waals surface area contributed by atoms with E-state index in [1.54, 1.807) is 26.4 Å². The van der Waals surface area contributed by atoms with Crippen molar-refractivity contribution in [3.8, 4) is 11.5 Å². The van der Waals surface area contributed by atoms with Gasteiger partial charge in [0.2, 0.25) is 0 Å². The molecule has 3 heteroatoms. The lowest BCUT2D eigenvalue weighted by molar-refractivity contribution is 0.178. The van der Waals surface area contributed by atoms with Crippen molar-refractivity contribution in [3.63, 3.8) is 0 Å². The molecular formula is C13H18O3. The Labute approximate surface area is 96.3 Å². The third-order valence-corrected chi connectivity index (χ3v) is 2.33. The van der Waals surface area contributed by atoms with Crippen LogP contribution < -0.4 is 9.47 Å². The van der Waals surface area contributed by atoms with Crippen LogP contribution in [0.25, 0.3) is 0 Å². The quantitative estimate of drug-likeness (QED) is 0.778. The highest BCUT2D eigenvalue weighted by Crippen LogP contribution is 2.31. The zero-order chi connectivity index (χ0) is 12.1. The van der Waals surface area contributed by atoms with Crippen LogP contribution in [-0.2, 0) is 0 Å². The van der Waals surface area contributed by atoms with Crippen LogP contribution in [0.1, 0.15) is 25.0 Å². The molecule has 0 saturated heterocycles. The summed E-state index contributed by atoms with van der Waals surface area (Å²) in [6, 6.07) is 5.40. The number of hydrogen-bond donors (Lipinski definition) is 1. The number of hydrogen-bond acceptors (Lipinski definition) is 3. The molecule has 1 aromatic rings. The van der Waals surface area contributed by atoms with Crippen molar-refractivity contribution >= 4 is 0 Å². The van der Waals surface area contributed by atoms with Gasteiger partial charge in [-0.15, -0.1) is 6.58 Å². The fourth-order valence-corrected chi connectivity index (χ4v) is 1.51. The van der Waals surface area contributed by atoms with E-state index in [0.717, 1.165) is 11.1 Å². The predicted octanol–water partition coefficient (Wildman–Crippen LogP) is 2.70. The van der Waals surface area contributed by atoms with Crippen LogP contribution in [0.3, 0.4) is 0 Å². The van der Waals surface area contributed by atoms with Gasteiger partial charge < -0.3 is 14.6 Å². The van der Waals surface area contributed by atoms with Crippen LogP contribution in [0.5, 0.6) is 11.5 Å². The van der Waals surface area contributed by atoms with Crippen molar-refractivity contribution in [3.05, 3.63) is 35.9 Å². The van der Waals surface area contributed by atoms with Crippen molar-refractivity contribution in [2.45, 2.75) is 19.4 Å². The Bertz CT molecular complexity index is 371. The number of methoxy groups -OCH3 is 2. The van der Waals surface area contributed by atoms with Gasteiger partial charge >= 0.3 is 0 Å². The number of aliphatic hydroxyl groups excluding tert-OH is 1. The molecule has 0 aliphatic heterocycles. The molecule has 0 heterocycles. The normalized spacial score (nSPS) is 12.0. The summed E-state index contributed by atoms with van der Waals surface area (Å²) >= 11 is 0. The van der Waals surface area contributed by atoms with Gasteiger partial charge in [0.1, 0.15) is 0 Å². The minimum absolute atomic E-state index is 0.544. The molecule has 0 spiro atoms. The first-order chi connectivity index (χ1) is 7.58. The standard InChI is InChI=1S/C13H18O3/c1-9(2)7-11(14)10-5-6-12(15-3)13(8-10)16-4/h5-6,8,11,14H,1,7H2,2-4H3. The van der Waals surface area contributed by atoms with E-state index in [9.17, 15) is 5.11 Å². The molecule has 0 aliphatic carbocycles. The van der Waals surface area contributed by atoms with Gasteiger partial charge in [-0.25, -0.2) is 0 Å². The van der Waals surface area contributed by atoms with Crippen LogP contribution >= 0.6 is 0 Å². The Morgan fingerprint density at radius 3 is 2.44 bits per heavy atom. The summed E-state index contributed by atoms with van der Waals surface area (Å²) < 4.78 is 10.3. The smallest absolute Gasteiger partial charge is 0.161 e. The molecule has 1 atom stereocenters. The molecule has 0 fully saturated rings. The van der Waals surface area contributed by atoms with Crippen molar-refractivity contribution < 1.29 is 14.6 Å². The highest BCUT2D eigenvalue weighted by Gasteiger charge is 2.11. The van der Waals surface area contributed by atoms with Crippen LogP contribution in [0, 0.1) is 0 Å². The zero-order valence-corrected chi connectivity index (χ0v) is 9.99. The third-order valence-electron chi connectivity index (χ3n) is 2.33. The fraction of sp³-hybridized carbons (Fsp3) is 0.385. The average Bonchev–Trinajstić information content (AvgIpc) is 2.27. The molecular weight excluding hydrogens is 204 g/mol. The minimum atomic E-state index is -0.544. The second kappa shape index (κ2) is 5.56. The molecule has 0 amide bonds. The van der Waals surface area contributed by atoms with E-state index in [1.807, 2.05) is 13.0 Å². The van der Waals surface area contributed by atoms with Crippen molar-refractivity contribution in [2.75, 3.05) is 14.2 Å². The maximum absolute atomic E-state index is 9.92. The van der Waals surface area contributed by atoms with Gasteiger partial charge in [0.05, 0.1) is 20.3 Å². The lowest BCUT2D eigenvalue weighted by atomic mass is 10.0. The highest BCUT2D eigenvalue weighted by atomic mass is 16.5. The molecule has 3 nitrogen and oxygen atoms in total. The van der Waals surface area contributed by atoms with Gasteiger partial charge in [-0.2, -0.15) is 0 Å². The van der Waals surface area contributed by atoms with Crippen molar-refractivity contribution in [2.24, 2.45) is 0 Å². The van der Waals surface area contributed by atoms with E-state index in [4.69, 9.17) is 9.47 Å². The second-order valence-electron chi connectivity index (χ2n) is 3.79. The first-order valence-electron chi connectivity index (χ1n) is 5.13. The van der Waals surface area contributed by atoms with Gasteiger partial charge in [0, 0.05) is 0 Å². The largest absolute Gasteiger partial charge is 0.493 e. The maximum Gasteiger partial charge on any atom is 0.161 e. The van der Waals surface area contributed by atoms with E-state index < -0.39 is 6.10 Å². The molecule has 0 radical (unpaired) electrons. The number of ether oxygens (including phenoxy) is 2. The molecule has 16 heavy (non-hydrogen) atoms. The molecule has 0 aromatic heterocycles. The molecule has 0 aliphatic rings. The number of rotatable bonds is 5. The maximum atomic E-state index is 9.92. The van der Waals surface area contributed by atoms with Gasteiger partial charge in [0.25, 0.3) is 0 Å². The summed E-state index contributed by atoms with van der Waals surface area (Å²) in [6.45, 7) is 5.67. The lowest BCUT2D eigenvalue weighted by Crippen LogP contribution is -1.99. The van der Waals surface area contributed by atoms with E-state index in [1.165, 1.54) is 0 Å². The molecule has 1 unspecified atom stereocenters. The molecule has 88 valence electrons. The molecule has 0 saturated carbocycles. The summed E-state index contributed by atoms with van der Waals surface area (Å²) in [6.07, 6.45) is 0.00691. The summed E-state index contributed by atoms with van der Waals surface area (Å²) in [5, 5.41) is 9.92. The first kappa shape index (κ1) is 12.6. The summed E-state index contributed by atoms with van der Waals surface area (Å²) in [5.41, 5.74) is 1.75. The Kier molecular flexibility index (Phi) is 4.38. The van der Waals surface area contributed by atoms with E-state index in [2.05, 4.69) is 6.58 Å². The van der Waals surface area contributed by atoms with Gasteiger partial charge in [-0.1, -0.05) is 11.6 Å². The third kappa shape index (κ3) is 3.00. The van der Waals surface area contributed by atoms with Crippen LogP contribution in [0.4, 0.5) is 0 Å². The van der Waals surface area contributed by atoms with Crippen molar-refractivity contribution in [1.29, 1.82) is 0 Å². The Morgan fingerprint density at radius 1 is 1.31 bits per heavy atom. The minimum Gasteiger partial charge on any atom is -0.493 e. The van der Waals surface area contributed by atoms with Crippen LogP contribution in [0.2, 0.25) is 0 Å². The Hall–Kier alpha value is -1.48. The summed E-state index contributed by atoms with van der Waals surface area (Å²) in [5.74, 6) is 1.29. The molecule has 1 aromatic carbocycles. The average molecular weight is 222 g/mol. The number of benzene rings is 1. The first-order valence-corrected chi connectivity index (χ1v) is 5.13. The number of aliphatic hydroxyl groups is 1. The summed E-state index contributed by atoms with van der Waals surface area (Å²) in [7, 11) is 3.16. The molecule has 0 bridgehead atoms.